The summed E-state index contributed by atoms with van der Waals surface area (Å²) in [6.07, 6.45) is 4.10. The number of ether oxygens (including phenoxy) is 1. The van der Waals surface area contributed by atoms with Crippen molar-refractivity contribution in [2.24, 2.45) is 0 Å². The topological polar surface area (TPSA) is 9.23 Å². The van der Waals surface area contributed by atoms with Crippen molar-refractivity contribution in [1.82, 2.24) is 0 Å². The Morgan fingerprint density at radius 1 is 0.941 bits per heavy atom. The molecule has 0 bridgehead atoms. The number of hydrogen-bond donors (Lipinski definition) is 0. The van der Waals surface area contributed by atoms with Crippen LogP contribution in [0.25, 0.3) is 6.08 Å². The SMILES string of the molecule is Cc1ccccc1OCC=Cc1ccccc1. The van der Waals surface area contributed by atoms with Gasteiger partial charge < -0.3 is 4.74 Å². The number of aryl methyl sites for hydroxylation is 1. The fraction of sp³-hybridized carbons (Fsp3) is 0.125. The van der Waals surface area contributed by atoms with Gasteiger partial charge in [-0.3, -0.25) is 0 Å². The molecule has 0 aliphatic rings. The van der Waals surface area contributed by atoms with Crippen LogP contribution in [0.3, 0.4) is 0 Å². The number of benzene rings is 2. The maximum Gasteiger partial charge on any atom is 0.122 e. The fourth-order valence-electron chi connectivity index (χ4n) is 1.60. The van der Waals surface area contributed by atoms with E-state index in [0.717, 1.165) is 5.75 Å². The van der Waals surface area contributed by atoms with Crippen LogP contribution in [0.4, 0.5) is 0 Å². The molecule has 0 aliphatic heterocycles. The van der Waals surface area contributed by atoms with Crippen LogP contribution in [0.15, 0.2) is 60.7 Å². The average molecular weight is 224 g/mol. The van der Waals surface area contributed by atoms with Crippen LogP contribution in [0, 0.1) is 6.92 Å². The van der Waals surface area contributed by atoms with Crippen LogP contribution in [-0.4, -0.2) is 6.61 Å². The molecule has 0 heterocycles. The first kappa shape index (κ1) is 11.5. The average Bonchev–Trinajstić information content (AvgIpc) is 2.38. The van der Waals surface area contributed by atoms with Crippen molar-refractivity contribution in [3.05, 3.63) is 71.8 Å². The Balaban J connectivity index is 1.88. The van der Waals surface area contributed by atoms with Gasteiger partial charge in [0.15, 0.2) is 0 Å². The van der Waals surface area contributed by atoms with Crippen LogP contribution in [-0.2, 0) is 0 Å². The summed E-state index contributed by atoms with van der Waals surface area (Å²) in [5, 5.41) is 0. The Morgan fingerprint density at radius 2 is 1.65 bits per heavy atom. The normalized spacial score (nSPS) is 10.6. The van der Waals surface area contributed by atoms with E-state index in [1.165, 1.54) is 11.1 Å². The summed E-state index contributed by atoms with van der Waals surface area (Å²) in [5.41, 5.74) is 2.36. The van der Waals surface area contributed by atoms with Crippen molar-refractivity contribution >= 4 is 6.08 Å². The molecule has 2 aromatic rings. The van der Waals surface area contributed by atoms with Gasteiger partial charge in [0.25, 0.3) is 0 Å². The number of para-hydroxylation sites is 1. The molecule has 0 aromatic heterocycles. The molecule has 0 atom stereocenters. The molecule has 0 saturated carbocycles. The minimum atomic E-state index is 0.597. The molecule has 0 aliphatic carbocycles. The highest BCUT2D eigenvalue weighted by molar-refractivity contribution is 5.48. The molecular formula is C16H16O. The Kier molecular flexibility index (Phi) is 3.98. The summed E-state index contributed by atoms with van der Waals surface area (Å²) in [6.45, 7) is 2.65. The van der Waals surface area contributed by atoms with E-state index in [0.29, 0.717) is 6.61 Å². The molecule has 0 N–H and O–H groups in total. The second-order valence-electron chi connectivity index (χ2n) is 3.89. The van der Waals surface area contributed by atoms with Gasteiger partial charge in [-0.05, 0) is 30.2 Å². The van der Waals surface area contributed by atoms with E-state index < -0.39 is 0 Å². The van der Waals surface area contributed by atoms with Gasteiger partial charge in [-0.25, -0.2) is 0 Å². The number of hydrogen-bond acceptors (Lipinski definition) is 1. The lowest BCUT2D eigenvalue weighted by Crippen LogP contribution is -1.94. The van der Waals surface area contributed by atoms with Gasteiger partial charge >= 0.3 is 0 Å². The summed E-state index contributed by atoms with van der Waals surface area (Å²) in [5.74, 6) is 0.949. The van der Waals surface area contributed by atoms with Gasteiger partial charge in [0.1, 0.15) is 12.4 Å². The summed E-state index contributed by atoms with van der Waals surface area (Å²) in [6, 6.07) is 18.3. The third-order valence-electron chi connectivity index (χ3n) is 2.54. The molecule has 1 nitrogen and oxygen atoms in total. The van der Waals surface area contributed by atoms with Crippen molar-refractivity contribution in [3.63, 3.8) is 0 Å². The molecule has 2 rings (SSSR count). The molecule has 0 spiro atoms. The second kappa shape index (κ2) is 5.90. The standard InChI is InChI=1S/C16H16O/c1-14-8-5-6-12-16(14)17-13-7-11-15-9-3-2-4-10-15/h2-12H,13H2,1H3. The van der Waals surface area contributed by atoms with E-state index in [1.54, 1.807) is 0 Å². The largest absolute Gasteiger partial charge is 0.489 e. The zero-order valence-corrected chi connectivity index (χ0v) is 9.97. The van der Waals surface area contributed by atoms with Gasteiger partial charge in [-0.1, -0.05) is 54.6 Å². The van der Waals surface area contributed by atoms with Crippen LogP contribution in [0.1, 0.15) is 11.1 Å². The van der Waals surface area contributed by atoms with E-state index >= 15 is 0 Å². The van der Waals surface area contributed by atoms with Gasteiger partial charge in [0.2, 0.25) is 0 Å². The van der Waals surface area contributed by atoms with E-state index in [-0.39, 0.29) is 0 Å². The third-order valence-corrected chi connectivity index (χ3v) is 2.54. The smallest absolute Gasteiger partial charge is 0.122 e. The maximum atomic E-state index is 5.67. The Morgan fingerprint density at radius 3 is 2.41 bits per heavy atom. The Hall–Kier alpha value is -2.02. The Bertz CT molecular complexity index is 486. The highest BCUT2D eigenvalue weighted by Crippen LogP contribution is 2.15. The third kappa shape index (κ3) is 3.49. The highest BCUT2D eigenvalue weighted by Gasteiger charge is 1.94. The lowest BCUT2D eigenvalue weighted by atomic mass is 10.2. The first-order valence-electron chi connectivity index (χ1n) is 5.76. The second-order valence-corrected chi connectivity index (χ2v) is 3.89. The van der Waals surface area contributed by atoms with E-state index in [1.807, 2.05) is 42.5 Å². The van der Waals surface area contributed by atoms with Crippen LogP contribution in [0.5, 0.6) is 5.75 Å². The summed E-state index contributed by atoms with van der Waals surface area (Å²) >= 11 is 0. The molecule has 0 unspecified atom stereocenters. The predicted molar refractivity (Wildman–Crippen MR) is 72.2 cm³/mol. The highest BCUT2D eigenvalue weighted by atomic mass is 16.5. The lowest BCUT2D eigenvalue weighted by Gasteiger charge is -2.05. The summed E-state index contributed by atoms with van der Waals surface area (Å²) in [7, 11) is 0. The Labute approximate surface area is 102 Å². The molecule has 0 amide bonds. The summed E-state index contributed by atoms with van der Waals surface area (Å²) in [4.78, 5) is 0. The van der Waals surface area contributed by atoms with Gasteiger partial charge in [0, 0.05) is 0 Å². The maximum absolute atomic E-state index is 5.67. The quantitative estimate of drug-likeness (QED) is 0.760. The first-order chi connectivity index (χ1) is 8.36. The zero-order chi connectivity index (χ0) is 11.9. The van der Waals surface area contributed by atoms with Crippen molar-refractivity contribution in [2.45, 2.75) is 6.92 Å². The molecule has 0 fully saturated rings. The van der Waals surface area contributed by atoms with Gasteiger partial charge in [-0.2, -0.15) is 0 Å². The lowest BCUT2D eigenvalue weighted by molar-refractivity contribution is 0.361. The van der Waals surface area contributed by atoms with Crippen LogP contribution >= 0.6 is 0 Å². The van der Waals surface area contributed by atoms with Crippen molar-refractivity contribution in [2.75, 3.05) is 6.61 Å². The first-order valence-corrected chi connectivity index (χ1v) is 5.76. The van der Waals surface area contributed by atoms with E-state index in [9.17, 15) is 0 Å². The fourth-order valence-corrected chi connectivity index (χ4v) is 1.60. The summed E-state index contributed by atoms with van der Waals surface area (Å²) < 4.78 is 5.67. The molecule has 17 heavy (non-hydrogen) atoms. The number of rotatable bonds is 4. The molecule has 2 aromatic carbocycles. The van der Waals surface area contributed by atoms with Crippen molar-refractivity contribution in [3.8, 4) is 5.75 Å². The predicted octanol–water partition coefficient (Wildman–Crippen LogP) is 4.09. The molecule has 1 heteroatoms. The molecule has 0 radical (unpaired) electrons. The van der Waals surface area contributed by atoms with E-state index in [2.05, 4.69) is 31.2 Å². The van der Waals surface area contributed by atoms with Crippen LogP contribution in [0.2, 0.25) is 0 Å². The minimum Gasteiger partial charge on any atom is -0.489 e. The van der Waals surface area contributed by atoms with Crippen molar-refractivity contribution in [1.29, 1.82) is 0 Å². The minimum absolute atomic E-state index is 0.597. The van der Waals surface area contributed by atoms with Gasteiger partial charge in [0.05, 0.1) is 0 Å². The zero-order valence-electron chi connectivity index (χ0n) is 9.97. The molecule has 86 valence electrons. The molecular weight excluding hydrogens is 208 g/mol. The monoisotopic (exact) mass is 224 g/mol. The van der Waals surface area contributed by atoms with Gasteiger partial charge in [-0.15, -0.1) is 0 Å². The van der Waals surface area contributed by atoms with Crippen LogP contribution < -0.4 is 4.74 Å². The molecule has 0 saturated heterocycles. The van der Waals surface area contributed by atoms with Crippen molar-refractivity contribution < 1.29 is 4.74 Å². The van der Waals surface area contributed by atoms with E-state index in [4.69, 9.17) is 4.74 Å².